The molecule has 1 amide bonds. The molecule has 122 valence electrons. The summed E-state index contributed by atoms with van der Waals surface area (Å²) >= 11 is 0. The average molecular weight is 321 g/mol. The summed E-state index contributed by atoms with van der Waals surface area (Å²) in [6.07, 6.45) is 1.86. The van der Waals surface area contributed by atoms with Gasteiger partial charge in [-0.2, -0.15) is 0 Å². The van der Waals surface area contributed by atoms with Gasteiger partial charge in [0.1, 0.15) is 5.82 Å². The van der Waals surface area contributed by atoms with Crippen molar-refractivity contribution in [1.82, 2.24) is 19.5 Å². The number of carbonyl (C=O) groups excluding carboxylic acids is 1. The Morgan fingerprint density at radius 1 is 1.00 bits per heavy atom. The smallest absolute Gasteiger partial charge is 0.254 e. The zero-order chi connectivity index (χ0) is 16.5. The Hall–Kier alpha value is -2.89. The number of aryl methyl sites for hydroxylation is 1. The second-order valence-electron chi connectivity index (χ2n) is 6.01. The molecule has 0 atom stereocenters. The number of anilines is 1. The fourth-order valence-corrected chi connectivity index (χ4v) is 3.13. The molecular weight excluding hydrogens is 302 g/mol. The molecule has 0 aliphatic carbocycles. The van der Waals surface area contributed by atoms with Crippen LogP contribution in [0, 0.1) is 6.92 Å². The maximum Gasteiger partial charge on any atom is 0.254 e. The van der Waals surface area contributed by atoms with Gasteiger partial charge in [-0.3, -0.25) is 9.20 Å². The molecule has 1 aliphatic rings. The van der Waals surface area contributed by atoms with E-state index in [1.54, 1.807) is 0 Å². The first-order valence-electron chi connectivity index (χ1n) is 8.13. The van der Waals surface area contributed by atoms with Gasteiger partial charge in [0.15, 0.2) is 5.65 Å². The molecule has 24 heavy (non-hydrogen) atoms. The molecule has 0 bridgehead atoms. The van der Waals surface area contributed by atoms with Crippen molar-refractivity contribution in [3.63, 3.8) is 0 Å². The predicted octanol–water partition coefficient (Wildman–Crippen LogP) is 2.00. The topological polar surface area (TPSA) is 53.7 Å². The van der Waals surface area contributed by atoms with Crippen molar-refractivity contribution in [2.24, 2.45) is 0 Å². The van der Waals surface area contributed by atoms with Crippen molar-refractivity contribution in [3.05, 3.63) is 60.0 Å². The summed E-state index contributed by atoms with van der Waals surface area (Å²) in [5.41, 5.74) is 2.59. The molecule has 0 saturated carbocycles. The zero-order valence-corrected chi connectivity index (χ0v) is 13.6. The Labute approximate surface area is 140 Å². The fraction of sp³-hybridized carbons (Fsp3) is 0.278. The molecule has 4 rings (SSSR count). The van der Waals surface area contributed by atoms with Crippen molar-refractivity contribution in [1.29, 1.82) is 0 Å². The molecule has 0 radical (unpaired) electrons. The molecule has 0 spiro atoms. The van der Waals surface area contributed by atoms with Gasteiger partial charge in [-0.15, -0.1) is 10.2 Å². The van der Waals surface area contributed by atoms with E-state index in [4.69, 9.17) is 0 Å². The second kappa shape index (κ2) is 5.96. The maximum atomic E-state index is 12.7. The lowest BCUT2D eigenvalue weighted by molar-refractivity contribution is 0.0747. The first-order chi connectivity index (χ1) is 11.7. The summed E-state index contributed by atoms with van der Waals surface area (Å²) in [5.74, 6) is 0.881. The third kappa shape index (κ3) is 2.60. The van der Waals surface area contributed by atoms with Gasteiger partial charge in [-0.25, -0.2) is 0 Å². The second-order valence-corrected chi connectivity index (χ2v) is 6.01. The highest BCUT2D eigenvalue weighted by Gasteiger charge is 2.22. The van der Waals surface area contributed by atoms with E-state index in [0.29, 0.717) is 11.2 Å². The lowest BCUT2D eigenvalue weighted by Gasteiger charge is -2.36. The summed E-state index contributed by atoms with van der Waals surface area (Å²) in [6.45, 7) is 5.05. The molecule has 6 heteroatoms. The van der Waals surface area contributed by atoms with E-state index in [9.17, 15) is 4.79 Å². The Morgan fingerprint density at radius 3 is 2.50 bits per heavy atom. The van der Waals surface area contributed by atoms with E-state index in [1.807, 2.05) is 52.8 Å². The van der Waals surface area contributed by atoms with E-state index in [2.05, 4.69) is 27.2 Å². The zero-order valence-electron chi connectivity index (χ0n) is 13.6. The summed E-state index contributed by atoms with van der Waals surface area (Å²) in [7, 11) is 0. The molecule has 1 saturated heterocycles. The Bertz CT molecular complexity index is 866. The molecular formula is C18H19N5O. The number of piperazine rings is 1. The number of hydrogen-bond acceptors (Lipinski definition) is 4. The minimum atomic E-state index is 0.0610. The predicted molar refractivity (Wildman–Crippen MR) is 92.3 cm³/mol. The van der Waals surface area contributed by atoms with Crippen LogP contribution in [-0.4, -0.2) is 51.6 Å². The normalized spacial score (nSPS) is 15.0. The van der Waals surface area contributed by atoms with Crippen molar-refractivity contribution >= 4 is 17.2 Å². The van der Waals surface area contributed by atoms with Crippen LogP contribution in [0.2, 0.25) is 0 Å². The fourth-order valence-electron chi connectivity index (χ4n) is 3.13. The Kier molecular flexibility index (Phi) is 3.65. The quantitative estimate of drug-likeness (QED) is 0.724. The summed E-state index contributed by atoms with van der Waals surface area (Å²) in [6, 6.07) is 14.0. The standard InChI is InChI=1S/C18H19N5O/c1-14-19-20-17-13-15(7-8-23(14)17)18(24)22-11-9-21(10-12-22)16-5-3-2-4-6-16/h2-8,13H,9-12H2,1H3. The molecule has 1 aromatic carbocycles. The third-order valence-electron chi connectivity index (χ3n) is 4.52. The number of carbonyl (C=O) groups is 1. The number of hydrogen-bond donors (Lipinski definition) is 0. The van der Waals surface area contributed by atoms with Crippen LogP contribution in [0.3, 0.4) is 0 Å². The van der Waals surface area contributed by atoms with Crippen molar-refractivity contribution < 1.29 is 4.79 Å². The number of benzene rings is 1. The van der Waals surface area contributed by atoms with Gasteiger partial charge in [-0.1, -0.05) is 18.2 Å². The van der Waals surface area contributed by atoms with Crippen LogP contribution in [0.25, 0.3) is 5.65 Å². The molecule has 0 N–H and O–H groups in total. The van der Waals surface area contributed by atoms with Crippen LogP contribution in [0.15, 0.2) is 48.7 Å². The molecule has 0 unspecified atom stereocenters. The molecule has 3 aromatic rings. The van der Waals surface area contributed by atoms with Gasteiger partial charge >= 0.3 is 0 Å². The first-order valence-corrected chi connectivity index (χ1v) is 8.13. The highest BCUT2D eigenvalue weighted by molar-refractivity contribution is 5.95. The Morgan fingerprint density at radius 2 is 1.75 bits per heavy atom. The highest BCUT2D eigenvalue weighted by Crippen LogP contribution is 2.17. The van der Waals surface area contributed by atoms with E-state index in [1.165, 1.54) is 5.69 Å². The lowest BCUT2D eigenvalue weighted by Crippen LogP contribution is -2.48. The monoisotopic (exact) mass is 321 g/mol. The number of amides is 1. The molecule has 2 aromatic heterocycles. The number of nitrogens with zero attached hydrogens (tertiary/aromatic N) is 5. The van der Waals surface area contributed by atoms with Crippen molar-refractivity contribution in [3.8, 4) is 0 Å². The summed E-state index contributed by atoms with van der Waals surface area (Å²) in [4.78, 5) is 17.0. The number of pyridine rings is 1. The SMILES string of the molecule is Cc1nnc2cc(C(=O)N3CCN(c4ccccc4)CC3)ccn12. The summed E-state index contributed by atoms with van der Waals surface area (Å²) in [5, 5.41) is 8.13. The van der Waals surface area contributed by atoms with E-state index in [0.717, 1.165) is 32.0 Å². The van der Waals surface area contributed by atoms with Crippen molar-refractivity contribution in [2.75, 3.05) is 31.1 Å². The molecule has 1 fully saturated rings. The maximum absolute atomic E-state index is 12.7. The average Bonchev–Trinajstić information content (AvgIpc) is 3.02. The molecule has 6 nitrogen and oxygen atoms in total. The highest BCUT2D eigenvalue weighted by atomic mass is 16.2. The molecule has 1 aliphatic heterocycles. The van der Waals surface area contributed by atoms with Crippen LogP contribution in [0.4, 0.5) is 5.69 Å². The number of para-hydroxylation sites is 1. The van der Waals surface area contributed by atoms with Gasteiger partial charge in [-0.05, 0) is 31.2 Å². The van der Waals surface area contributed by atoms with Crippen LogP contribution < -0.4 is 4.90 Å². The Balaban J connectivity index is 1.47. The van der Waals surface area contributed by atoms with E-state index < -0.39 is 0 Å². The van der Waals surface area contributed by atoms with Gasteiger partial charge in [0, 0.05) is 43.6 Å². The van der Waals surface area contributed by atoms with Gasteiger partial charge in [0.05, 0.1) is 0 Å². The van der Waals surface area contributed by atoms with E-state index in [-0.39, 0.29) is 5.91 Å². The van der Waals surface area contributed by atoms with Crippen LogP contribution in [0.1, 0.15) is 16.2 Å². The number of aromatic nitrogens is 3. The van der Waals surface area contributed by atoms with Gasteiger partial charge in [0.25, 0.3) is 5.91 Å². The lowest BCUT2D eigenvalue weighted by atomic mass is 10.2. The minimum Gasteiger partial charge on any atom is -0.368 e. The first kappa shape index (κ1) is 14.7. The number of fused-ring (bicyclic) bond motifs is 1. The van der Waals surface area contributed by atoms with Crippen molar-refractivity contribution in [2.45, 2.75) is 6.92 Å². The minimum absolute atomic E-state index is 0.0610. The van der Waals surface area contributed by atoms with Gasteiger partial charge < -0.3 is 9.80 Å². The van der Waals surface area contributed by atoms with Crippen LogP contribution in [-0.2, 0) is 0 Å². The van der Waals surface area contributed by atoms with E-state index >= 15 is 0 Å². The molecule has 3 heterocycles. The van der Waals surface area contributed by atoms with Crippen LogP contribution >= 0.6 is 0 Å². The number of rotatable bonds is 2. The largest absolute Gasteiger partial charge is 0.368 e. The van der Waals surface area contributed by atoms with Crippen LogP contribution in [0.5, 0.6) is 0 Å². The summed E-state index contributed by atoms with van der Waals surface area (Å²) < 4.78 is 1.88. The third-order valence-corrected chi connectivity index (χ3v) is 4.52. The van der Waals surface area contributed by atoms with Gasteiger partial charge in [0.2, 0.25) is 0 Å².